The number of rotatable bonds is 2. The Morgan fingerprint density at radius 1 is 1.48 bits per heavy atom. The van der Waals surface area contributed by atoms with E-state index in [-0.39, 0.29) is 11.5 Å². The fourth-order valence-corrected chi connectivity index (χ4v) is 2.68. The maximum atomic E-state index is 14.8. The van der Waals surface area contributed by atoms with Crippen LogP contribution in [-0.2, 0) is 4.74 Å². The first-order chi connectivity index (χ1) is 9.87. The zero-order valence-corrected chi connectivity index (χ0v) is 11.3. The van der Waals surface area contributed by atoms with Crippen LogP contribution in [0.15, 0.2) is 12.5 Å². The third kappa shape index (κ3) is 1.85. The lowest BCUT2D eigenvalue weighted by Crippen LogP contribution is -2.40. The molecule has 1 fully saturated rings. The van der Waals surface area contributed by atoms with Crippen molar-refractivity contribution < 1.29 is 19.3 Å². The topological polar surface area (TPSA) is 132 Å². The molecule has 1 saturated heterocycles. The Hall–Kier alpha value is -1.97. The van der Waals surface area contributed by atoms with Gasteiger partial charge in [-0.2, -0.15) is 0 Å². The molecule has 0 saturated carbocycles. The summed E-state index contributed by atoms with van der Waals surface area (Å²) in [5.41, 5.74) is 10.1. The summed E-state index contributed by atoms with van der Waals surface area (Å²) in [6.45, 7) is 0.702. The van der Waals surface area contributed by atoms with E-state index in [2.05, 4.69) is 9.97 Å². The molecule has 114 valence electrons. The number of halogens is 1. The first-order valence-corrected chi connectivity index (χ1v) is 6.37. The van der Waals surface area contributed by atoms with Gasteiger partial charge in [0.2, 0.25) is 0 Å². The highest BCUT2D eigenvalue weighted by molar-refractivity contribution is 5.97. The number of anilines is 2. The van der Waals surface area contributed by atoms with E-state index in [1.54, 1.807) is 0 Å². The number of hydrogen-bond donors (Lipinski definition) is 4. The Labute approximate surface area is 119 Å². The maximum Gasteiger partial charge on any atom is 0.181 e. The first-order valence-electron chi connectivity index (χ1n) is 6.37. The van der Waals surface area contributed by atoms with Crippen molar-refractivity contribution in [1.82, 2.24) is 14.5 Å². The number of aliphatic hydroxyl groups excluding tert-OH is 2. The third-order valence-corrected chi connectivity index (χ3v) is 3.82. The van der Waals surface area contributed by atoms with Crippen LogP contribution in [-0.4, -0.2) is 49.2 Å². The molecule has 0 spiro atoms. The largest absolute Gasteiger partial charge is 0.397 e. The van der Waals surface area contributed by atoms with E-state index >= 15 is 0 Å². The quantitative estimate of drug-likeness (QED) is 0.591. The lowest BCUT2D eigenvalue weighted by atomic mass is 9.98. The summed E-state index contributed by atoms with van der Waals surface area (Å²) in [7, 11) is 0. The number of alkyl halides is 1. The van der Waals surface area contributed by atoms with Gasteiger partial charge in [-0.05, 0) is 6.92 Å². The van der Waals surface area contributed by atoms with Gasteiger partial charge < -0.3 is 31.0 Å². The van der Waals surface area contributed by atoms with Gasteiger partial charge >= 0.3 is 0 Å². The van der Waals surface area contributed by atoms with Crippen molar-refractivity contribution in [1.29, 1.82) is 0 Å². The van der Waals surface area contributed by atoms with E-state index < -0.39 is 30.7 Å². The second-order valence-corrected chi connectivity index (χ2v) is 5.25. The highest BCUT2D eigenvalue weighted by Gasteiger charge is 2.55. The number of nitrogens with zero attached hydrogens (tertiary/aromatic N) is 3. The Bertz CT molecular complexity index is 689. The van der Waals surface area contributed by atoms with E-state index in [0.29, 0.717) is 11.0 Å². The van der Waals surface area contributed by atoms with Crippen molar-refractivity contribution in [3.63, 3.8) is 0 Å². The van der Waals surface area contributed by atoms with Crippen molar-refractivity contribution in [2.24, 2.45) is 0 Å². The SMILES string of the molecule is C[C@@]1(F)[C@H](O)[C@@H](CO)O[C@@H]1n1cc(N)c2c(N)ncnc21. The van der Waals surface area contributed by atoms with Crippen LogP contribution in [0.2, 0.25) is 0 Å². The van der Waals surface area contributed by atoms with Crippen LogP contribution < -0.4 is 11.5 Å². The van der Waals surface area contributed by atoms with E-state index in [1.165, 1.54) is 24.0 Å². The lowest BCUT2D eigenvalue weighted by Gasteiger charge is -2.25. The van der Waals surface area contributed by atoms with Gasteiger partial charge in [0.1, 0.15) is 30.0 Å². The molecule has 8 nitrogen and oxygen atoms in total. The molecule has 0 aromatic carbocycles. The Morgan fingerprint density at radius 2 is 2.19 bits per heavy atom. The molecule has 1 aliphatic heterocycles. The third-order valence-electron chi connectivity index (χ3n) is 3.82. The molecule has 9 heteroatoms. The summed E-state index contributed by atoms with van der Waals surface area (Å²) in [5.74, 6) is 0.175. The van der Waals surface area contributed by atoms with Crippen molar-refractivity contribution >= 4 is 22.5 Å². The Morgan fingerprint density at radius 3 is 2.81 bits per heavy atom. The number of aromatic nitrogens is 3. The van der Waals surface area contributed by atoms with Crippen LogP contribution in [0.5, 0.6) is 0 Å². The van der Waals surface area contributed by atoms with E-state index in [0.717, 1.165) is 0 Å². The predicted molar refractivity (Wildman–Crippen MR) is 72.9 cm³/mol. The van der Waals surface area contributed by atoms with E-state index in [9.17, 15) is 9.50 Å². The number of fused-ring (bicyclic) bond motifs is 1. The van der Waals surface area contributed by atoms with Gasteiger partial charge in [0.25, 0.3) is 0 Å². The molecular formula is C12H16FN5O3. The van der Waals surface area contributed by atoms with E-state index in [4.69, 9.17) is 21.3 Å². The zero-order chi connectivity index (χ0) is 15.4. The summed E-state index contributed by atoms with van der Waals surface area (Å²) in [6, 6.07) is 0. The summed E-state index contributed by atoms with van der Waals surface area (Å²) in [6.07, 6.45) is -1.00. The summed E-state index contributed by atoms with van der Waals surface area (Å²) in [5, 5.41) is 19.5. The molecule has 1 aliphatic rings. The second kappa shape index (κ2) is 4.52. The molecule has 4 atom stereocenters. The van der Waals surface area contributed by atoms with Crippen molar-refractivity contribution in [2.45, 2.75) is 31.0 Å². The normalized spacial score (nSPS) is 32.9. The molecule has 0 aliphatic carbocycles. The molecule has 21 heavy (non-hydrogen) atoms. The summed E-state index contributed by atoms with van der Waals surface area (Å²) in [4.78, 5) is 7.89. The van der Waals surface area contributed by atoms with Crippen LogP contribution in [0.25, 0.3) is 11.0 Å². The predicted octanol–water partition coefficient (Wildman–Crippen LogP) is -0.425. The van der Waals surface area contributed by atoms with Crippen molar-refractivity contribution in [3.8, 4) is 0 Å². The standard InChI is InChI=1S/C12H16FN5O3/c1-12(13)8(20)6(3-19)21-11(12)18-2-5(14)7-9(15)16-4-17-10(7)18/h2,4,6,8,11,19-20H,3,14H2,1H3,(H2,15,16,17)/t6-,8-,11+,12-/m1/s1. The molecule has 3 rings (SSSR count). The number of aliphatic hydroxyl groups is 2. The van der Waals surface area contributed by atoms with Crippen LogP contribution in [0.1, 0.15) is 13.2 Å². The minimum absolute atomic E-state index is 0.175. The number of hydrogen-bond acceptors (Lipinski definition) is 7. The Balaban J connectivity index is 2.15. The average Bonchev–Trinajstić information content (AvgIpc) is 2.87. The minimum Gasteiger partial charge on any atom is -0.397 e. The van der Waals surface area contributed by atoms with Gasteiger partial charge in [-0.25, -0.2) is 14.4 Å². The Kier molecular flexibility index (Phi) is 3.01. The smallest absolute Gasteiger partial charge is 0.181 e. The molecule has 3 heterocycles. The molecule has 0 unspecified atom stereocenters. The molecule has 0 bridgehead atoms. The van der Waals surface area contributed by atoms with Gasteiger partial charge in [-0.1, -0.05) is 0 Å². The number of nitrogens with two attached hydrogens (primary N) is 2. The summed E-state index contributed by atoms with van der Waals surface area (Å²) >= 11 is 0. The van der Waals surface area contributed by atoms with E-state index in [1.807, 2.05) is 0 Å². The first kappa shape index (κ1) is 14.0. The van der Waals surface area contributed by atoms with Crippen LogP contribution >= 0.6 is 0 Å². The fraction of sp³-hybridized carbons (Fsp3) is 0.500. The van der Waals surface area contributed by atoms with Crippen LogP contribution in [0.3, 0.4) is 0 Å². The minimum atomic E-state index is -2.12. The van der Waals surface area contributed by atoms with Crippen molar-refractivity contribution in [2.75, 3.05) is 18.1 Å². The van der Waals surface area contributed by atoms with Crippen molar-refractivity contribution in [3.05, 3.63) is 12.5 Å². The molecule has 0 amide bonds. The van der Waals surface area contributed by atoms with Gasteiger partial charge in [0.05, 0.1) is 17.7 Å². The number of ether oxygens (including phenoxy) is 1. The fourth-order valence-electron chi connectivity index (χ4n) is 2.68. The molecular weight excluding hydrogens is 281 g/mol. The van der Waals surface area contributed by atoms with Crippen LogP contribution in [0.4, 0.5) is 15.9 Å². The maximum absolute atomic E-state index is 14.8. The highest BCUT2D eigenvalue weighted by Crippen LogP contribution is 2.43. The molecule has 0 radical (unpaired) electrons. The monoisotopic (exact) mass is 297 g/mol. The lowest BCUT2D eigenvalue weighted by molar-refractivity contribution is -0.0563. The van der Waals surface area contributed by atoms with Gasteiger partial charge in [-0.15, -0.1) is 0 Å². The average molecular weight is 297 g/mol. The summed E-state index contributed by atoms with van der Waals surface area (Å²) < 4.78 is 21.6. The van der Waals surface area contributed by atoms with Crippen LogP contribution in [0, 0.1) is 0 Å². The molecule has 2 aromatic rings. The van der Waals surface area contributed by atoms with Gasteiger partial charge in [0, 0.05) is 6.20 Å². The van der Waals surface area contributed by atoms with Gasteiger partial charge in [0.15, 0.2) is 11.9 Å². The zero-order valence-electron chi connectivity index (χ0n) is 11.3. The molecule has 6 N–H and O–H groups in total. The highest BCUT2D eigenvalue weighted by atomic mass is 19.1. The van der Waals surface area contributed by atoms with Gasteiger partial charge in [-0.3, -0.25) is 0 Å². The second-order valence-electron chi connectivity index (χ2n) is 5.25. The molecule has 2 aromatic heterocycles. The number of nitrogen functional groups attached to an aromatic ring is 2.